The number of nitrogens with zero attached hydrogens (tertiary/aromatic N) is 1. The molecule has 84 valence electrons. The number of aromatic nitrogens is 2. The summed E-state index contributed by atoms with van der Waals surface area (Å²) in [7, 11) is 0. The van der Waals surface area contributed by atoms with Gasteiger partial charge in [-0.05, 0) is 19.8 Å². The maximum atomic E-state index is 5.54. The van der Waals surface area contributed by atoms with Crippen molar-refractivity contribution < 1.29 is 4.74 Å². The van der Waals surface area contributed by atoms with E-state index in [1.165, 1.54) is 0 Å². The summed E-state index contributed by atoms with van der Waals surface area (Å²) in [6.45, 7) is 5.16. The van der Waals surface area contributed by atoms with Crippen LogP contribution in [0.3, 0.4) is 0 Å². The van der Waals surface area contributed by atoms with Gasteiger partial charge in [-0.2, -0.15) is 0 Å². The van der Waals surface area contributed by atoms with Gasteiger partial charge in [-0.3, -0.25) is 0 Å². The third-order valence-corrected chi connectivity index (χ3v) is 3.05. The summed E-state index contributed by atoms with van der Waals surface area (Å²) in [6.07, 6.45) is 6.12. The van der Waals surface area contributed by atoms with Crippen molar-refractivity contribution >= 4 is 0 Å². The average Bonchev–Trinajstić information content (AvgIpc) is 2.86. The fourth-order valence-electron chi connectivity index (χ4n) is 2.07. The topological polar surface area (TPSA) is 49.9 Å². The highest BCUT2D eigenvalue weighted by atomic mass is 16.5. The summed E-state index contributed by atoms with van der Waals surface area (Å²) in [5, 5.41) is 3.60. The molecule has 1 aromatic heterocycles. The standard InChI is InChI=1S/C11H19N3O/c1-3-9(11-12-5-6-13-11)14-10-4-7-15-8(10)2/h5-6,8-10,14H,3-4,7H2,1-2H3,(H,12,13). The van der Waals surface area contributed by atoms with Gasteiger partial charge in [0.05, 0.1) is 12.1 Å². The maximum absolute atomic E-state index is 5.54. The molecule has 2 heterocycles. The van der Waals surface area contributed by atoms with Crippen LogP contribution in [0.1, 0.15) is 38.6 Å². The first-order valence-electron chi connectivity index (χ1n) is 5.68. The molecule has 2 N–H and O–H groups in total. The lowest BCUT2D eigenvalue weighted by Crippen LogP contribution is -2.37. The van der Waals surface area contributed by atoms with Crippen LogP contribution in [0, 0.1) is 0 Å². The minimum absolute atomic E-state index is 0.314. The lowest BCUT2D eigenvalue weighted by molar-refractivity contribution is 0.110. The summed E-state index contributed by atoms with van der Waals surface area (Å²) >= 11 is 0. The molecule has 15 heavy (non-hydrogen) atoms. The molecule has 0 bridgehead atoms. The molecule has 0 saturated carbocycles. The van der Waals surface area contributed by atoms with Crippen LogP contribution in [-0.4, -0.2) is 28.7 Å². The highest BCUT2D eigenvalue weighted by Crippen LogP contribution is 2.19. The lowest BCUT2D eigenvalue weighted by atomic mass is 10.1. The molecule has 0 spiro atoms. The van der Waals surface area contributed by atoms with Crippen LogP contribution in [0.5, 0.6) is 0 Å². The van der Waals surface area contributed by atoms with Crippen molar-refractivity contribution in [2.75, 3.05) is 6.61 Å². The summed E-state index contributed by atoms with van der Waals surface area (Å²) in [4.78, 5) is 7.46. The number of H-pyrrole nitrogens is 1. The van der Waals surface area contributed by atoms with Crippen LogP contribution in [0.4, 0.5) is 0 Å². The van der Waals surface area contributed by atoms with E-state index in [-0.39, 0.29) is 0 Å². The highest BCUT2D eigenvalue weighted by molar-refractivity contribution is 4.97. The normalized spacial score (nSPS) is 28.1. The SMILES string of the molecule is CCC(NC1CCOC1C)c1ncc[nH]1. The third kappa shape index (κ3) is 2.38. The molecular formula is C11H19N3O. The summed E-state index contributed by atoms with van der Waals surface area (Å²) in [6, 6.07) is 0.772. The second-order valence-electron chi connectivity index (χ2n) is 4.07. The molecule has 0 aliphatic carbocycles. The van der Waals surface area contributed by atoms with E-state index in [9.17, 15) is 0 Å². The first-order valence-corrected chi connectivity index (χ1v) is 5.68. The largest absolute Gasteiger partial charge is 0.377 e. The molecule has 2 rings (SSSR count). The van der Waals surface area contributed by atoms with E-state index in [1.807, 2.05) is 6.20 Å². The van der Waals surface area contributed by atoms with Gasteiger partial charge < -0.3 is 15.0 Å². The van der Waals surface area contributed by atoms with Crippen molar-refractivity contribution in [3.63, 3.8) is 0 Å². The van der Waals surface area contributed by atoms with Gasteiger partial charge in [-0.1, -0.05) is 6.92 Å². The Morgan fingerprint density at radius 1 is 1.73 bits per heavy atom. The van der Waals surface area contributed by atoms with Crippen molar-refractivity contribution in [2.24, 2.45) is 0 Å². The zero-order valence-corrected chi connectivity index (χ0v) is 9.36. The Morgan fingerprint density at radius 3 is 3.13 bits per heavy atom. The molecule has 3 atom stereocenters. The van der Waals surface area contributed by atoms with Crippen LogP contribution in [0.25, 0.3) is 0 Å². The van der Waals surface area contributed by atoms with E-state index in [1.54, 1.807) is 6.20 Å². The molecular weight excluding hydrogens is 190 g/mol. The molecule has 0 amide bonds. The van der Waals surface area contributed by atoms with E-state index < -0.39 is 0 Å². The van der Waals surface area contributed by atoms with Crippen LogP contribution in [0.15, 0.2) is 12.4 Å². The van der Waals surface area contributed by atoms with Crippen molar-refractivity contribution in [2.45, 2.75) is 44.9 Å². The quantitative estimate of drug-likeness (QED) is 0.792. The zero-order valence-electron chi connectivity index (χ0n) is 9.36. The maximum Gasteiger partial charge on any atom is 0.123 e. The molecule has 0 radical (unpaired) electrons. The van der Waals surface area contributed by atoms with Crippen molar-refractivity contribution in [3.05, 3.63) is 18.2 Å². The molecule has 1 saturated heterocycles. The fourth-order valence-corrected chi connectivity index (χ4v) is 2.07. The second-order valence-corrected chi connectivity index (χ2v) is 4.07. The van der Waals surface area contributed by atoms with E-state index >= 15 is 0 Å². The van der Waals surface area contributed by atoms with Crippen LogP contribution < -0.4 is 5.32 Å². The van der Waals surface area contributed by atoms with Crippen LogP contribution in [0.2, 0.25) is 0 Å². The van der Waals surface area contributed by atoms with E-state index in [0.29, 0.717) is 18.2 Å². The molecule has 1 aromatic rings. The van der Waals surface area contributed by atoms with Gasteiger partial charge in [0.2, 0.25) is 0 Å². The molecule has 1 aliphatic heterocycles. The van der Waals surface area contributed by atoms with Gasteiger partial charge in [0.1, 0.15) is 5.82 Å². The Labute approximate surface area is 90.4 Å². The molecule has 1 fully saturated rings. The van der Waals surface area contributed by atoms with Gasteiger partial charge in [-0.25, -0.2) is 4.98 Å². The first-order chi connectivity index (χ1) is 7.31. The molecule has 3 unspecified atom stereocenters. The van der Waals surface area contributed by atoms with E-state index in [0.717, 1.165) is 25.3 Å². The average molecular weight is 209 g/mol. The first kappa shape index (κ1) is 10.6. The number of rotatable bonds is 4. The van der Waals surface area contributed by atoms with Gasteiger partial charge in [0, 0.05) is 25.0 Å². The van der Waals surface area contributed by atoms with Crippen molar-refractivity contribution in [3.8, 4) is 0 Å². The molecule has 0 aromatic carbocycles. The number of aromatic amines is 1. The number of ether oxygens (including phenoxy) is 1. The Hall–Kier alpha value is -0.870. The Bertz CT molecular complexity index is 286. The lowest BCUT2D eigenvalue weighted by Gasteiger charge is -2.22. The predicted octanol–water partition coefficient (Wildman–Crippen LogP) is 1.63. The Kier molecular flexibility index (Phi) is 3.38. The van der Waals surface area contributed by atoms with Gasteiger partial charge in [0.25, 0.3) is 0 Å². The van der Waals surface area contributed by atoms with Gasteiger partial charge >= 0.3 is 0 Å². The summed E-state index contributed by atoms with van der Waals surface area (Å²) in [5.41, 5.74) is 0. The number of imidazole rings is 1. The number of hydrogen-bond donors (Lipinski definition) is 2. The third-order valence-electron chi connectivity index (χ3n) is 3.05. The highest BCUT2D eigenvalue weighted by Gasteiger charge is 2.26. The molecule has 4 heteroatoms. The summed E-state index contributed by atoms with van der Waals surface area (Å²) < 4.78 is 5.54. The Balaban J connectivity index is 1.96. The van der Waals surface area contributed by atoms with Crippen LogP contribution >= 0.6 is 0 Å². The second kappa shape index (κ2) is 4.77. The Morgan fingerprint density at radius 2 is 2.60 bits per heavy atom. The van der Waals surface area contributed by atoms with E-state index in [4.69, 9.17) is 4.74 Å². The molecule has 1 aliphatic rings. The smallest absolute Gasteiger partial charge is 0.123 e. The monoisotopic (exact) mass is 209 g/mol. The van der Waals surface area contributed by atoms with Crippen molar-refractivity contribution in [1.29, 1.82) is 0 Å². The minimum atomic E-state index is 0.314. The fraction of sp³-hybridized carbons (Fsp3) is 0.727. The number of nitrogens with one attached hydrogen (secondary N) is 2. The zero-order chi connectivity index (χ0) is 10.7. The summed E-state index contributed by atoms with van der Waals surface area (Å²) in [5.74, 6) is 1.02. The number of hydrogen-bond acceptors (Lipinski definition) is 3. The van der Waals surface area contributed by atoms with E-state index in [2.05, 4.69) is 29.1 Å². The molecule has 4 nitrogen and oxygen atoms in total. The van der Waals surface area contributed by atoms with Crippen LogP contribution in [-0.2, 0) is 4.74 Å². The van der Waals surface area contributed by atoms with Crippen molar-refractivity contribution in [1.82, 2.24) is 15.3 Å². The van der Waals surface area contributed by atoms with Gasteiger partial charge in [-0.15, -0.1) is 0 Å². The predicted molar refractivity (Wildman–Crippen MR) is 58.6 cm³/mol. The minimum Gasteiger partial charge on any atom is -0.377 e. The van der Waals surface area contributed by atoms with Gasteiger partial charge in [0.15, 0.2) is 0 Å².